The van der Waals surface area contributed by atoms with Gasteiger partial charge in [-0.05, 0) is 31.2 Å². The molecular weight excluding hydrogens is 441 g/mol. The monoisotopic (exact) mass is 464 g/mol. The summed E-state index contributed by atoms with van der Waals surface area (Å²) in [5.74, 6) is 1.22. The van der Waals surface area contributed by atoms with E-state index in [1.165, 1.54) is 32.4 Å². The zero-order chi connectivity index (χ0) is 24.0. The predicted molar refractivity (Wildman–Crippen MR) is 117 cm³/mol. The second-order valence-corrected chi connectivity index (χ2v) is 6.96. The van der Waals surface area contributed by atoms with Crippen LogP contribution in [0.4, 0.5) is 30.6 Å². The van der Waals surface area contributed by atoms with Crippen molar-refractivity contribution in [3.05, 3.63) is 48.5 Å². The van der Waals surface area contributed by atoms with Crippen molar-refractivity contribution in [2.75, 3.05) is 31.5 Å². The highest BCUT2D eigenvalue weighted by Gasteiger charge is 2.31. The van der Waals surface area contributed by atoms with Crippen LogP contribution >= 0.6 is 0 Å². The molecule has 0 saturated heterocycles. The topological polar surface area (TPSA) is 97.8 Å². The molecule has 1 heterocycles. The number of hydrogen-bond donors (Lipinski definition) is 3. The zero-order valence-corrected chi connectivity index (χ0v) is 18.1. The zero-order valence-electron chi connectivity index (χ0n) is 18.1. The summed E-state index contributed by atoms with van der Waals surface area (Å²) in [5.41, 5.74) is 1.36. The lowest BCUT2D eigenvalue weighted by Gasteiger charge is -2.15. The second-order valence-electron chi connectivity index (χ2n) is 6.96. The molecule has 3 N–H and O–H groups in total. The summed E-state index contributed by atoms with van der Waals surface area (Å²) < 4.78 is 52.5. The van der Waals surface area contributed by atoms with Gasteiger partial charge in [0.15, 0.2) is 11.5 Å². The molecule has 0 amide bonds. The number of halogens is 3. The standard InChI is InChI=1S/C22H23F3N4O4/c1-13(12-30)26-21-28-17(14-5-4-6-16(9-14)33-22(23,24)25)11-20(29-21)27-15-7-8-18(31-2)19(10-15)32-3/h4-11,13,30H,12H2,1-3H3,(H2,26,27,28,29)/t13-/m1/s1. The molecule has 0 fully saturated rings. The van der Waals surface area contributed by atoms with Gasteiger partial charge in [0.1, 0.15) is 11.6 Å². The molecule has 0 radical (unpaired) electrons. The van der Waals surface area contributed by atoms with Crippen molar-refractivity contribution in [3.63, 3.8) is 0 Å². The fourth-order valence-corrected chi connectivity index (χ4v) is 2.90. The number of rotatable bonds is 9. The van der Waals surface area contributed by atoms with E-state index < -0.39 is 6.36 Å². The third-order valence-electron chi connectivity index (χ3n) is 4.39. The Hall–Kier alpha value is -3.73. The predicted octanol–water partition coefficient (Wildman–Crippen LogP) is 4.60. The third-order valence-corrected chi connectivity index (χ3v) is 4.39. The number of benzene rings is 2. The van der Waals surface area contributed by atoms with Crippen molar-refractivity contribution in [2.45, 2.75) is 19.3 Å². The van der Waals surface area contributed by atoms with E-state index in [-0.39, 0.29) is 24.3 Å². The number of aliphatic hydroxyl groups excluding tert-OH is 1. The van der Waals surface area contributed by atoms with Gasteiger partial charge < -0.3 is 30.0 Å². The van der Waals surface area contributed by atoms with Crippen LogP contribution < -0.4 is 24.8 Å². The fraction of sp³-hybridized carbons (Fsp3) is 0.273. The number of ether oxygens (including phenoxy) is 3. The second kappa shape index (κ2) is 10.3. The molecule has 33 heavy (non-hydrogen) atoms. The molecule has 1 aromatic heterocycles. The first-order valence-corrected chi connectivity index (χ1v) is 9.82. The highest BCUT2D eigenvalue weighted by molar-refractivity contribution is 5.69. The minimum atomic E-state index is -4.81. The Morgan fingerprint density at radius 2 is 1.76 bits per heavy atom. The van der Waals surface area contributed by atoms with Crippen LogP contribution in [0.1, 0.15) is 6.92 Å². The number of nitrogens with one attached hydrogen (secondary N) is 2. The Morgan fingerprint density at radius 1 is 1.00 bits per heavy atom. The van der Waals surface area contributed by atoms with Gasteiger partial charge in [-0.2, -0.15) is 4.98 Å². The van der Waals surface area contributed by atoms with E-state index in [1.807, 2.05) is 0 Å². The van der Waals surface area contributed by atoms with Gasteiger partial charge >= 0.3 is 6.36 Å². The summed E-state index contributed by atoms with van der Waals surface area (Å²) in [6, 6.07) is 11.9. The molecule has 3 aromatic rings. The molecule has 11 heteroatoms. The smallest absolute Gasteiger partial charge is 0.493 e. The average molecular weight is 464 g/mol. The maximum Gasteiger partial charge on any atom is 0.573 e. The SMILES string of the molecule is COc1ccc(Nc2cc(-c3cccc(OC(F)(F)F)c3)nc(N[C@H](C)CO)n2)cc1OC. The van der Waals surface area contributed by atoms with Crippen LogP contribution in [0.2, 0.25) is 0 Å². The molecule has 0 spiro atoms. The van der Waals surface area contributed by atoms with Crippen LogP contribution in [-0.2, 0) is 0 Å². The first-order chi connectivity index (χ1) is 15.7. The van der Waals surface area contributed by atoms with Crippen LogP contribution in [-0.4, -0.2) is 48.3 Å². The minimum absolute atomic E-state index is 0.166. The van der Waals surface area contributed by atoms with E-state index in [0.717, 1.165) is 0 Å². The normalized spacial score (nSPS) is 12.1. The molecule has 2 aromatic carbocycles. The summed E-state index contributed by atoms with van der Waals surface area (Å²) >= 11 is 0. The Morgan fingerprint density at radius 3 is 2.42 bits per heavy atom. The van der Waals surface area contributed by atoms with E-state index in [1.54, 1.807) is 37.3 Å². The van der Waals surface area contributed by atoms with Crippen molar-refractivity contribution in [1.82, 2.24) is 9.97 Å². The van der Waals surface area contributed by atoms with E-state index in [4.69, 9.17) is 9.47 Å². The number of hydrogen-bond acceptors (Lipinski definition) is 8. The van der Waals surface area contributed by atoms with E-state index in [9.17, 15) is 18.3 Å². The molecular formula is C22H23F3N4O4. The molecule has 0 saturated carbocycles. The minimum Gasteiger partial charge on any atom is -0.493 e. The number of aromatic nitrogens is 2. The van der Waals surface area contributed by atoms with Crippen molar-refractivity contribution in [3.8, 4) is 28.5 Å². The first kappa shape index (κ1) is 23.9. The molecule has 0 aliphatic rings. The van der Waals surface area contributed by atoms with Gasteiger partial charge in [-0.15, -0.1) is 13.2 Å². The van der Waals surface area contributed by atoms with Crippen molar-refractivity contribution < 1.29 is 32.5 Å². The Kier molecular flexibility index (Phi) is 7.44. The lowest BCUT2D eigenvalue weighted by molar-refractivity contribution is -0.274. The number of aliphatic hydroxyl groups is 1. The van der Waals surface area contributed by atoms with Crippen molar-refractivity contribution in [2.24, 2.45) is 0 Å². The molecule has 176 valence electrons. The lowest BCUT2D eigenvalue weighted by atomic mass is 10.1. The largest absolute Gasteiger partial charge is 0.573 e. The molecule has 3 rings (SSSR count). The van der Waals surface area contributed by atoms with Crippen molar-refractivity contribution >= 4 is 17.5 Å². The summed E-state index contributed by atoms with van der Waals surface area (Å²) in [7, 11) is 3.04. The molecule has 0 aliphatic heterocycles. The van der Waals surface area contributed by atoms with Crippen LogP contribution in [0.15, 0.2) is 48.5 Å². The Labute approximate surface area is 188 Å². The van der Waals surface area contributed by atoms with Gasteiger partial charge in [0, 0.05) is 29.4 Å². The van der Waals surface area contributed by atoms with E-state index >= 15 is 0 Å². The Bertz CT molecular complexity index is 1100. The van der Waals surface area contributed by atoms with Crippen molar-refractivity contribution in [1.29, 1.82) is 0 Å². The molecule has 0 aliphatic carbocycles. The van der Waals surface area contributed by atoms with Gasteiger partial charge in [-0.25, -0.2) is 4.98 Å². The fourth-order valence-electron chi connectivity index (χ4n) is 2.90. The number of alkyl halides is 3. The highest BCUT2D eigenvalue weighted by atomic mass is 19.4. The van der Waals surface area contributed by atoms with Crippen LogP contribution in [0, 0.1) is 0 Å². The average Bonchev–Trinajstić information content (AvgIpc) is 2.77. The summed E-state index contributed by atoms with van der Waals surface area (Å²) in [6.07, 6.45) is -4.81. The number of anilines is 3. The molecule has 0 bridgehead atoms. The molecule has 8 nitrogen and oxygen atoms in total. The number of methoxy groups -OCH3 is 2. The van der Waals surface area contributed by atoms with E-state index in [0.29, 0.717) is 34.3 Å². The summed E-state index contributed by atoms with van der Waals surface area (Å²) in [5, 5.41) is 15.4. The lowest BCUT2D eigenvalue weighted by Crippen LogP contribution is -2.21. The first-order valence-electron chi connectivity index (χ1n) is 9.82. The molecule has 1 atom stereocenters. The molecule has 0 unspecified atom stereocenters. The highest BCUT2D eigenvalue weighted by Crippen LogP contribution is 2.32. The van der Waals surface area contributed by atoms with E-state index in [2.05, 4.69) is 25.3 Å². The summed E-state index contributed by atoms with van der Waals surface area (Å²) in [4.78, 5) is 8.77. The van der Waals surface area contributed by atoms with Gasteiger partial charge in [0.05, 0.1) is 26.5 Å². The van der Waals surface area contributed by atoms with Crippen LogP contribution in [0.3, 0.4) is 0 Å². The van der Waals surface area contributed by atoms with Gasteiger partial charge in [-0.1, -0.05) is 12.1 Å². The van der Waals surface area contributed by atoms with Gasteiger partial charge in [-0.3, -0.25) is 0 Å². The maximum atomic E-state index is 12.6. The van der Waals surface area contributed by atoms with Gasteiger partial charge in [0.25, 0.3) is 0 Å². The number of nitrogens with zero attached hydrogens (tertiary/aromatic N) is 2. The van der Waals surface area contributed by atoms with Gasteiger partial charge in [0.2, 0.25) is 5.95 Å². The Balaban J connectivity index is 1.99. The maximum absolute atomic E-state index is 12.6. The van der Waals surface area contributed by atoms with Crippen LogP contribution in [0.25, 0.3) is 11.3 Å². The third kappa shape index (κ3) is 6.62. The summed E-state index contributed by atoms with van der Waals surface area (Å²) in [6.45, 7) is 1.57. The van der Waals surface area contributed by atoms with Crippen LogP contribution in [0.5, 0.6) is 17.2 Å². The quantitative estimate of drug-likeness (QED) is 0.423.